The predicted octanol–water partition coefficient (Wildman–Crippen LogP) is 1.87. The van der Waals surface area contributed by atoms with Crippen LogP contribution in [0.15, 0.2) is 27.6 Å². The topological polar surface area (TPSA) is 60.9 Å². The van der Waals surface area contributed by atoms with E-state index in [0.717, 1.165) is 12.8 Å². The van der Waals surface area contributed by atoms with Crippen LogP contribution in [-0.4, -0.2) is 56.0 Å². The van der Waals surface area contributed by atoms with E-state index in [4.69, 9.17) is 0 Å². The second-order valence-corrected chi connectivity index (χ2v) is 8.03. The van der Waals surface area contributed by atoms with E-state index in [1.54, 1.807) is 6.07 Å². The number of phenols is 1. The fourth-order valence-electron chi connectivity index (χ4n) is 2.43. The molecule has 1 aliphatic heterocycles. The molecule has 0 radical (unpaired) electrons. The molecular formula is C13H19BrN2O3S. The van der Waals surface area contributed by atoms with E-state index in [-0.39, 0.29) is 10.6 Å². The molecule has 1 fully saturated rings. The van der Waals surface area contributed by atoms with E-state index in [2.05, 4.69) is 20.8 Å². The van der Waals surface area contributed by atoms with Crippen molar-refractivity contribution in [2.24, 2.45) is 0 Å². The van der Waals surface area contributed by atoms with Gasteiger partial charge in [0, 0.05) is 23.6 Å². The number of benzene rings is 1. The van der Waals surface area contributed by atoms with Gasteiger partial charge in [-0.2, -0.15) is 4.31 Å². The van der Waals surface area contributed by atoms with E-state index in [1.807, 2.05) is 14.1 Å². The van der Waals surface area contributed by atoms with E-state index in [0.29, 0.717) is 23.6 Å². The molecule has 2 rings (SSSR count). The van der Waals surface area contributed by atoms with Crippen LogP contribution in [-0.2, 0) is 10.0 Å². The van der Waals surface area contributed by atoms with Crippen LogP contribution in [0.25, 0.3) is 0 Å². The number of hydrogen-bond donors (Lipinski definition) is 1. The van der Waals surface area contributed by atoms with Gasteiger partial charge in [0.2, 0.25) is 10.0 Å². The molecule has 0 bridgehead atoms. The smallest absolute Gasteiger partial charge is 0.246 e. The molecule has 1 N–H and O–H groups in total. The summed E-state index contributed by atoms with van der Waals surface area (Å²) in [5.41, 5.74) is 0. The van der Waals surface area contributed by atoms with Gasteiger partial charge in [0.1, 0.15) is 10.6 Å². The van der Waals surface area contributed by atoms with Gasteiger partial charge in [0.25, 0.3) is 0 Å². The molecule has 0 atom stereocenters. The molecule has 20 heavy (non-hydrogen) atoms. The fraction of sp³-hybridized carbons (Fsp3) is 0.538. The van der Waals surface area contributed by atoms with Crippen LogP contribution in [0.5, 0.6) is 5.75 Å². The minimum absolute atomic E-state index is 0.0322. The zero-order valence-corrected chi connectivity index (χ0v) is 14.0. The molecule has 1 saturated heterocycles. The Morgan fingerprint density at radius 3 is 2.45 bits per heavy atom. The third-order valence-corrected chi connectivity index (χ3v) is 6.11. The Kier molecular flexibility index (Phi) is 4.73. The van der Waals surface area contributed by atoms with E-state index < -0.39 is 10.0 Å². The zero-order valence-electron chi connectivity index (χ0n) is 11.6. The molecule has 5 nitrogen and oxygen atoms in total. The lowest BCUT2D eigenvalue weighted by Gasteiger charge is -2.34. The highest BCUT2D eigenvalue weighted by atomic mass is 79.9. The van der Waals surface area contributed by atoms with Gasteiger partial charge in [0.15, 0.2) is 0 Å². The first-order valence-electron chi connectivity index (χ1n) is 6.47. The van der Waals surface area contributed by atoms with Crippen molar-refractivity contribution in [3.63, 3.8) is 0 Å². The predicted molar refractivity (Wildman–Crippen MR) is 81.3 cm³/mol. The van der Waals surface area contributed by atoms with Gasteiger partial charge in [-0.1, -0.05) is 15.9 Å². The van der Waals surface area contributed by atoms with Crippen LogP contribution in [0.2, 0.25) is 0 Å². The maximum Gasteiger partial charge on any atom is 0.246 e. The third-order valence-electron chi connectivity index (χ3n) is 3.69. The van der Waals surface area contributed by atoms with E-state index in [9.17, 15) is 13.5 Å². The Labute approximate surface area is 128 Å². The van der Waals surface area contributed by atoms with Gasteiger partial charge in [-0.25, -0.2) is 8.42 Å². The highest BCUT2D eigenvalue weighted by Gasteiger charge is 2.31. The highest BCUT2D eigenvalue weighted by Crippen LogP contribution is 2.30. The third kappa shape index (κ3) is 3.16. The second kappa shape index (κ2) is 6.01. The van der Waals surface area contributed by atoms with E-state index in [1.165, 1.54) is 16.4 Å². The van der Waals surface area contributed by atoms with Gasteiger partial charge in [0.05, 0.1) is 0 Å². The summed E-state index contributed by atoms with van der Waals surface area (Å²) in [5.74, 6) is -0.206. The van der Waals surface area contributed by atoms with Crippen LogP contribution in [0.4, 0.5) is 0 Å². The maximum absolute atomic E-state index is 12.6. The number of aromatic hydroxyl groups is 1. The molecule has 0 spiro atoms. The van der Waals surface area contributed by atoms with Crippen molar-refractivity contribution in [3.05, 3.63) is 22.7 Å². The van der Waals surface area contributed by atoms with Crippen molar-refractivity contribution >= 4 is 26.0 Å². The Balaban J connectivity index is 2.22. The molecule has 0 aliphatic carbocycles. The SMILES string of the molecule is CN(C)C1CCN(S(=O)(=O)c2cc(Br)ccc2O)CC1. The molecule has 112 valence electrons. The molecule has 1 aliphatic rings. The van der Waals surface area contributed by atoms with Crippen molar-refractivity contribution in [3.8, 4) is 5.75 Å². The highest BCUT2D eigenvalue weighted by molar-refractivity contribution is 9.10. The molecule has 1 heterocycles. The van der Waals surface area contributed by atoms with Crippen molar-refractivity contribution < 1.29 is 13.5 Å². The summed E-state index contributed by atoms with van der Waals surface area (Å²) >= 11 is 3.24. The van der Waals surface area contributed by atoms with Crippen molar-refractivity contribution in [2.75, 3.05) is 27.2 Å². The van der Waals surface area contributed by atoms with Gasteiger partial charge >= 0.3 is 0 Å². The Bertz CT molecular complexity index is 581. The summed E-state index contributed by atoms with van der Waals surface area (Å²) < 4.78 is 27.2. The first-order valence-corrected chi connectivity index (χ1v) is 8.71. The summed E-state index contributed by atoms with van der Waals surface area (Å²) in [6.45, 7) is 0.967. The average molecular weight is 363 g/mol. The zero-order chi connectivity index (χ0) is 14.9. The van der Waals surface area contributed by atoms with Gasteiger partial charge in [-0.15, -0.1) is 0 Å². The number of hydrogen-bond acceptors (Lipinski definition) is 4. The monoisotopic (exact) mass is 362 g/mol. The van der Waals surface area contributed by atoms with Gasteiger partial charge in [-0.05, 0) is 45.1 Å². The van der Waals surface area contributed by atoms with Crippen LogP contribution in [0.1, 0.15) is 12.8 Å². The van der Waals surface area contributed by atoms with Crippen LogP contribution >= 0.6 is 15.9 Å². The number of piperidine rings is 1. The largest absolute Gasteiger partial charge is 0.507 e. The molecule has 0 amide bonds. The average Bonchev–Trinajstić information content (AvgIpc) is 2.41. The number of sulfonamides is 1. The summed E-state index contributed by atoms with van der Waals surface area (Å²) in [7, 11) is 0.388. The number of phenolic OH excluding ortho intramolecular Hbond substituents is 1. The Hall–Kier alpha value is -0.630. The standard InChI is InChI=1S/C13H19BrN2O3S/c1-15(2)11-5-7-16(8-6-11)20(18,19)13-9-10(14)3-4-12(13)17/h3-4,9,11,17H,5-8H2,1-2H3. The first kappa shape index (κ1) is 15.8. The molecule has 0 saturated carbocycles. The minimum atomic E-state index is -3.63. The Morgan fingerprint density at radius 1 is 1.30 bits per heavy atom. The van der Waals surface area contributed by atoms with Crippen molar-refractivity contribution in [2.45, 2.75) is 23.8 Å². The molecule has 0 unspecified atom stereocenters. The Morgan fingerprint density at radius 2 is 1.90 bits per heavy atom. The summed E-state index contributed by atoms with van der Waals surface area (Å²) in [4.78, 5) is 2.09. The van der Waals surface area contributed by atoms with E-state index >= 15 is 0 Å². The number of rotatable bonds is 3. The minimum Gasteiger partial charge on any atom is -0.507 e. The molecule has 7 heteroatoms. The van der Waals surface area contributed by atoms with Gasteiger partial charge < -0.3 is 10.0 Å². The maximum atomic E-state index is 12.6. The quantitative estimate of drug-likeness (QED) is 0.891. The van der Waals surface area contributed by atoms with Crippen molar-refractivity contribution in [1.82, 2.24) is 9.21 Å². The number of halogens is 1. The number of nitrogens with zero attached hydrogens (tertiary/aromatic N) is 2. The summed E-state index contributed by atoms with van der Waals surface area (Å²) in [5, 5.41) is 9.81. The van der Waals surface area contributed by atoms with Crippen LogP contribution in [0, 0.1) is 0 Å². The fourth-order valence-corrected chi connectivity index (χ4v) is 4.52. The summed E-state index contributed by atoms with van der Waals surface area (Å²) in [6.07, 6.45) is 1.61. The lowest BCUT2D eigenvalue weighted by molar-refractivity contribution is 0.196. The van der Waals surface area contributed by atoms with Crippen LogP contribution in [0.3, 0.4) is 0 Å². The first-order chi connectivity index (χ1) is 9.32. The molecular weight excluding hydrogens is 344 g/mol. The van der Waals surface area contributed by atoms with Crippen molar-refractivity contribution in [1.29, 1.82) is 0 Å². The van der Waals surface area contributed by atoms with Gasteiger partial charge in [-0.3, -0.25) is 0 Å². The lowest BCUT2D eigenvalue weighted by Crippen LogP contribution is -2.44. The van der Waals surface area contributed by atoms with Crippen LogP contribution < -0.4 is 0 Å². The summed E-state index contributed by atoms with van der Waals surface area (Å²) in [6, 6.07) is 4.87. The molecule has 0 aromatic heterocycles. The second-order valence-electron chi connectivity index (χ2n) is 5.21. The normalized spacial score (nSPS) is 18.6. The molecule has 1 aromatic rings. The molecule has 1 aromatic carbocycles. The lowest BCUT2D eigenvalue weighted by atomic mass is 10.1.